The van der Waals surface area contributed by atoms with E-state index in [1.54, 1.807) is 68.6 Å². The lowest BCUT2D eigenvalue weighted by molar-refractivity contribution is 0.0992. The van der Waals surface area contributed by atoms with Crippen LogP contribution in [0.2, 0.25) is 0 Å². The van der Waals surface area contributed by atoms with E-state index in [1.807, 2.05) is 0 Å². The minimum atomic E-state index is -0.594. The number of nitrogens with one attached hydrogen (secondary N) is 1. The van der Waals surface area contributed by atoms with Gasteiger partial charge < -0.3 is 14.8 Å². The number of amides is 1. The number of ether oxygens (including phenoxy) is 2. The van der Waals surface area contributed by atoms with Gasteiger partial charge in [-0.2, -0.15) is 0 Å². The van der Waals surface area contributed by atoms with Crippen molar-refractivity contribution in [2.24, 2.45) is 0 Å². The average Bonchev–Trinajstić information content (AvgIpc) is 3.01. The molecule has 1 aliphatic heterocycles. The molecule has 7 heteroatoms. The topological polar surface area (TPSA) is 63.7 Å². The van der Waals surface area contributed by atoms with Crippen molar-refractivity contribution in [1.29, 1.82) is 0 Å². The number of rotatable bonds is 5. The first-order chi connectivity index (χ1) is 14.0. The third kappa shape index (κ3) is 3.24. The molecule has 2 heterocycles. The molecule has 0 saturated heterocycles. The van der Waals surface area contributed by atoms with Crippen LogP contribution in [-0.2, 0) is 0 Å². The van der Waals surface area contributed by atoms with Gasteiger partial charge in [-0.3, -0.25) is 14.7 Å². The van der Waals surface area contributed by atoms with Gasteiger partial charge in [-0.1, -0.05) is 0 Å². The smallest absolute Gasteiger partial charge is 0.262 e. The van der Waals surface area contributed by atoms with Gasteiger partial charge in [0.25, 0.3) is 5.91 Å². The van der Waals surface area contributed by atoms with Gasteiger partial charge in [0.05, 0.1) is 31.2 Å². The van der Waals surface area contributed by atoms with Crippen molar-refractivity contribution in [3.05, 3.63) is 77.4 Å². The van der Waals surface area contributed by atoms with E-state index in [-0.39, 0.29) is 11.7 Å². The number of carbonyl (C=O) groups excluding carboxylic acids is 1. The minimum Gasteiger partial charge on any atom is -0.497 e. The van der Waals surface area contributed by atoms with E-state index in [2.05, 4.69) is 10.3 Å². The molecule has 2 aromatic carbocycles. The molecule has 4 rings (SSSR count). The fourth-order valence-corrected chi connectivity index (χ4v) is 3.49. The number of hydrogen-bond donors (Lipinski definition) is 1. The fourth-order valence-electron chi connectivity index (χ4n) is 3.49. The number of methoxy groups -OCH3 is 2. The predicted molar refractivity (Wildman–Crippen MR) is 108 cm³/mol. The molecule has 0 unspecified atom stereocenters. The lowest BCUT2D eigenvalue weighted by Crippen LogP contribution is -2.33. The van der Waals surface area contributed by atoms with Crippen LogP contribution in [0.3, 0.4) is 0 Å². The molecule has 1 aromatic heterocycles. The summed E-state index contributed by atoms with van der Waals surface area (Å²) in [5.74, 6) is 0.584. The van der Waals surface area contributed by atoms with Crippen LogP contribution in [0.15, 0.2) is 54.7 Å². The van der Waals surface area contributed by atoms with Crippen LogP contribution in [0.4, 0.5) is 15.8 Å². The summed E-state index contributed by atoms with van der Waals surface area (Å²) in [6, 6.07) is 13.2. The van der Waals surface area contributed by atoms with Crippen molar-refractivity contribution in [2.45, 2.75) is 13.1 Å². The zero-order valence-corrected chi connectivity index (χ0v) is 16.3. The fraction of sp³-hybridized carbons (Fsp3) is 0.182. The minimum absolute atomic E-state index is 0.211. The number of benzene rings is 2. The zero-order chi connectivity index (χ0) is 20.5. The number of aryl methyl sites for hydroxylation is 1. The molecule has 1 N–H and O–H groups in total. The van der Waals surface area contributed by atoms with E-state index in [9.17, 15) is 9.18 Å². The molecule has 0 aliphatic carbocycles. The summed E-state index contributed by atoms with van der Waals surface area (Å²) in [5.41, 5.74) is 3.06. The molecule has 3 aromatic rings. The van der Waals surface area contributed by atoms with Crippen LogP contribution < -0.4 is 19.7 Å². The van der Waals surface area contributed by atoms with Gasteiger partial charge in [-0.25, -0.2) is 4.39 Å². The van der Waals surface area contributed by atoms with Crippen molar-refractivity contribution >= 4 is 17.3 Å². The Morgan fingerprint density at radius 3 is 2.66 bits per heavy atom. The Hall–Kier alpha value is -3.61. The van der Waals surface area contributed by atoms with E-state index >= 15 is 0 Å². The lowest BCUT2D eigenvalue weighted by Gasteiger charge is -2.28. The predicted octanol–water partition coefficient (Wildman–Crippen LogP) is 4.32. The molecule has 6 nitrogen and oxygen atoms in total. The second kappa shape index (κ2) is 7.43. The standard InChI is InChI=1S/C22H20FN3O3/c1-13-11-14(23)6-8-17(13)25-21-20-16(5-4-10-24-20)22(27)26(21)18-12-15(28-2)7-9-19(18)29-3/h4-12,21,25H,1-3H3/t21-/m1/s1. The SMILES string of the molecule is COc1ccc(OC)c(N2C(=O)c3cccnc3[C@@H]2Nc2ccc(F)cc2C)c1. The maximum Gasteiger partial charge on any atom is 0.262 e. The molecule has 1 amide bonds. The Bertz CT molecular complexity index is 1090. The molecule has 29 heavy (non-hydrogen) atoms. The average molecular weight is 393 g/mol. The van der Waals surface area contributed by atoms with Crippen LogP contribution >= 0.6 is 0 Å². The number of fused-ring (bicyclic) bond motifs is 1. The maximum absolute atomic E-state index is 13.6. The molecular formula is C22H20FN3O3. The maximum atomic E-state index is 13.6. The normalized spacial score (nSPS) is 15.2. The van der Waals surface area contributed by atoms with Gasteiger partial charge in [0.2, 0.25) is 0 Å². The van der Waals surface area contributed by atoms with Crippen LogP contribution in [-0.4, -0.2) is 25.1 Å². The third-order valence-corrected chi connectivity index (χ3v) is 4.93. The Labute approximate surface area is 167 Å². The molecular weight excluding hydrogens is 373 g/mol. The Morgan fingerprint density at radius 1 is 1.10 bits per heavy atom. The van der Waals surface area contributed by atoms with Gasteiger partial charge in [0, 0.05) is 18.0 Å². The van der Waals surface area contributed by atoms with Crippen LogP contribution in [0, 0.1) is 12.7 Å². The molecule has 0 spiro atoms. The Morgan fingerprint density at radius 2 is 1.93 bits per heavy atom. The lowest BCUT2D eigenvalue weighted by atomic mass is 10.1. The van der Waals surface area contributed by atoms with Crippen LogP contribution in [0.5, 0.6) is 11.5 Å². The van der Waals surface area contributed by atoms with Crippen LogP contribution in [0.25, 0.3) is 0 Å². The number of nitrogens with zero attached hydrogens (tertiary/aromatic N) is 2. The summed E-state index contributed by atoms with van der Waals surface area (Å²) in [6.07, 6.45) is 1.05. The summed E-state index contributed by atoms with van der Waals surface area (Å²) in [5, 5.41) is 3.34. The first kappa shape index (κ1) is 18.7. The van der Waals surface area contributed by atoms with Gasteiger partial charge >= 0.3 is 0 Å². The molecule has 1 atom stereocenters. The van der Waals surface area contributed by atoms with E-state index in [4.69, 9.17) is 9.47 Å². The molecule has 0 bridgehead atoms. The summed E-state index contributed by atoms with van der Waals surface area (Å²) in [7, 11) is 3.11. The monoisotopic (exact) mass is 393 g/mol. The van der Waals surface area contributed by atoms with Crippen molar-refractivity contribution in [3.8, 4) is 11.5 Å². The number of aromatic nitrogens is 1. The molecule has 148 valence electrons. The van der Waals surface area contributed by atoms with Crippen molar-refractivity contribution in [1.82, 2.24) is 4.98 Å². The van der Waals surface area contributed by atoms with E-state index < -0.39 is 6.17 Å². The van der Waals surface area contributed by atoms with E-state index in [0.717, 1.165) is 5.56 Å². The van der Waals surface area contributed by atoms with Gasteiger partial charge in [-0.05, 0) is 55.0 Å². The van der Waals surface area contributed by atoms with Crippen molar-refractivity contribution < 1.29 is 18.7 Å². The largest absolute Gasteiger partial charge is 0.497 e. The highest BCUT2D eigenvalue weighted by Gasteiger charge is 2.40. The van der Waals surface area contributed by atoms with Gasteiger partial charge in [0.1, 0.15) is 17.3 Å². The highest BCUT2D eigenvalue weighted by molar-refractivity contribution is 6.11. The molecule has 0 radical (unpaired) electrons. The highest BCUT2D eigenvalue weighted by atomic mass is 19.1. The number of anilines is 2. The van der Waals surface area contributed by atoms with E-state index in [0.29, 0.717) is 34.1 Å². The highest BCUT2D eigenvalue weighted by Crippen LogP contribution is 2.42. The quantitative estimate of drug-likeness (QED) is 0.700. The van der Waals surface area contributed by atoms with Crippen molar-refractivity contribution in [2.75, 3.05) is 24.4 Å². The van der Waals surface area contributed by atoms with Gasteiger partial charge in [0.15, 0.2) is 6.17 Å². The molecule has 0 saturated carbocycles. The number of pyridine rings is 1. The zero-order valence-electron chi connectivity index (χ0n) is 16.3. The molecule has 1 aliphatic rings. The molecule has 0 fully saturated rings. The van der Waals surface area contributed by atoms with Gasteiger partial charge in [-0.15, -0.1) is 0 Å². The van der Waals surface area contributed by atoms with Crippen molar-refractivity contribution in [3.63, 3.8) is 0 Å². The Balaban J connectivity index is 1.85. The summed E-state index contributed by atoms with van der Waals surface area (Å²) in [6.45, 7) is 1.80. The number of carbonyl (C=O) groups is 1. The number of hydrogen-bond acceptors (Lipinski definition) is 5. The first-order valence-corrected chi connectivity index (χ1v) is 9.06. The second-order valence-corrected chi connectivity index (χ2v) is 6.66. The second-order valence-electron chi connectivity index (χ2n) is 6.66. The summed E-state index contributed by atoms with van der Waals surface area (Å²) < 4.78 is 24.4. The number of halogens is 1. The third-order valence-electron chi connectivity index (χ3n) is 4.93. The first-order valence-electron chi connectivity index (χ1n) is 9.06. The summed E-state index contributed by atoms with van der Waals surface area (Å²) >= 11 is 0. The summed E-state index contributed by atoms with van der Waals surface area (Å²) in [4.78, 5) is 19.3. The van der Waals surface area contributed by atoms with Crippen LogP contribution in [0.1, 0.15) is 27.8 Å². The van der Waals surface area contributed by atoms with E-state index in [1.165, 1.54) is 12.1 Å². The Kier molecular flexibility index (Phi) is 4.80.